The minimum Gasteiger partial charge on any atom is -0.409 e. The highest BCUT2D eigenvalue weighted by molar-refractivity contribution is 5.79. The van der Waals surface area contributed by atoms with Gasteiger partial charge in [-0.05, 0) is 17.3 Å². The highest BCUT2D eigenvalue weighted by Gasteiger charge is 2.61. The monoisotopic (exact) mass is 197 g/mol. The normalized spacial score (nSPS) is 35.7. The van der Waals surface area contributed by atoms with Gasteiger partial charge in [-0.15, -0.1) is 0 Å². The maximum Gasteiger partial charge on any atom is 0.140 e. The second-order valence-corrected chi connectivity index (χ2v) is 5.14. The van der Waals surface area contributed by atoms with E-state index < -0.39 is 0 Å². The Morgan fingerprint density at radius 3 is 2.57 bits per heavy atom. The molecule has 0 bridgehead atoms. The smallest absolute Gasteiger partial charge is 0.140 e. The molecule has 80 valence electrons. The Morgan fingerprint density at radius 2 is 2.07 bits per heavy atom. The summed E-state index contributed by atoms with van der Waals surface area (Å²) in [5.41, 5.74) is 6.00. The summed E-state index contributed by atoms with van der Waals surface area (Å²) in [6.07, 6.45) is 0.677. The highest BCUT2D eigenvalue weighted by atomic mass is 16.4. The van der Waals surface area contributed by atoms with Gasteiger partial charge in [0.05, 0.1) is 0 Å². The third-order valence-corrected chi connectivity index (χ3v) is 4.01. The van der Waals surface area contributed by atoms with E-state index in [2.05, 4.69) is 23.9 Å². The molecule has 1 aliphatic heterocycles. The Morgan fingerprint density at radius 1 is 1.50 bits per heavy atom. The van der Waals surface area contributed by atoms with Crippen LogP contribution in [0.5, 0.6) is 0 Å². The zero-order valence-corrected chi connectivity index (χ0v) is 8.90. The first kappa shape index (κ1) is 9.77. The van der Waals surface area contributed by atoms with E-state index in [0.717, 1.165) is 18.4 Å². The molecule has 4 nitrogen and oxygen atoms in total. The van der Waals surface area contributed by atoms with Gasteiger partial charge in [0.15, 0.2) is 0 Å². The van der Waals surface area contributed by atoms with Gasteiger partial charge in [0.25, 0.3) is 0 Å². The van der Waals surface area contributed by atoms with Crippen molar-refractivity contribution in [3.05, 3.63) is 0 Å². The first-order valence-corrected chi connectivity index (χ1v) is 5.24. The maximum absolute atomic E-state index is 8.40. The predicted molar refractivity (Wildman–Crippen MR) is 55.2 cm³/mol. The van der Waals surface area contributed by atoms with Gasteiger partial charge in [0.1, 0.15) is 5.84 Å². The number of nitrogens with two attached hydrogens (primary N) is 1. The van der Waals surface area contributed by atoms with E-state index in [1.165, 1.54) is 13.1 Å². The Labute approximate surface area is 84.8 Å². The van der Waals surface area contributed by atoms with Gasteiger partial charge in [0.2, 0.25) is 0 Å². The number of hydrogen-bond donors (Lipinski definition) is 2. The average molecular weight is 197 g/mol. The standard InChI is InChI=1S/C10H19N3O/c1-10(2)7-5-13(6-8(7)10)4-3-9(11)12-14/h7-8,14H,3-6H2,1-2H3,(H2,11,12). The van der Waals surface area contributed by atoms with Crippen LogP contribution in [0.2, 0.25) is 0 Å². The molecule has 1 saturated heterocycles. The van der Waals surface area contributed by atoms with E-state index in [4.69, 9.17) is 10.9 Å². The molecule has 1 heterocycles. The third-order valence-electron chi connectivity index (χ3n) is 4.01. The zero-order chi connectivity index (χ0) is 10.3. The highest BCUT2D eigenvalue weighted by Crippen LogP contribution is 2.61. The Bertz CT molecular complexity index is 248. The lowest BCUT2D eigenvalue weighted by Crippen LogP contribution is -2.30. The average Bonchev–Trinajstić information content (AvgIpc) is 2.57. The molecule has 3 N–H and O–H groups in total. The molecule has 14 heavy (non-hydrogen) atoms. The van der Waals surface area contributed by atoms with E-state index in [1.54, 1.807) is 0 Å². The van der Waals surface area contributed by atoms with Crippen LogP contribution in [0, 0.1) is 17.3 Å². The van der Waals surface area contributed by atoms with Crippen molar-refractivity contribution >= 4 is 5.84 Å². The molecule has 2 atom stereocenters. The quantitative estimate of drug-likeness (QED) is 0.303. The molecule has 1 saturated carbocycles. The lowest BCUT2D eigenvalue weighted by atomic mass is 10.1. The van der Waals surface area contributed by atoms with Gasteiger partial charge in [-0.2, -0.15) is 0 Å². The minimum absolute atomic E-state index is 0.338. The van der Waals surface area contributed by atoms with Gasteiger partial charge < -0.3 is 15.8 Å². The van der Waals surface area contributed by atoms with Gasteiger partial charge in [-0.3, -0.25) is 0 Å². The molecule has 0 spiro atoms. The fourth-order valence-electron chi connectivity index (χ4n) is 2.72. The maximum atomic E-state index is 8.40. The van der Waals surface area contributed by atoms with E-state index in [1.807, 2.05) is 0 Å². The lowest BCUT2D eigenvalue weighted by Gasteiger charge is -2.21. The Kier molecular flexibility index (Phi) is 2.18. The summed E-state index contributed by atoms with van der Waals surface area (Å²) in [4.78, 5) is 2.42. The summed E-state index contributed by atoms with van der Waals surface area (Å²) < 4.78 is 0. The van der Waals surface area contributed by atoms with E-state index >= 15 is 0 Å². The summed E-state index contributed by atoms with van der Waals surface area (Å²) >= 11 is 0. The first-order chi connectivity index (χ1) is 6.55. The van der Waals surface area contributed by atoms with Crippen LogP contribution in [-0.2, 0) is 0 Å². The Balaban J connectivity index is 1.73. The molecule has 0 aromatic carbocycles. The van der Waals surface area contributed by atoms with Crippen molar-refractivity contribution in [3.63, 3.8) is 0 Å². The summed E-state index contributed by atoms with van der Waals surface area (Å²) in [5, 5.41) is 11.4. The molecule has 0 radical (unpaired) electrons. The van der Waals surface area contributed by atoms with Crippen molar-refractivity contribution in [2.75, 3.05) is 19.6 Å². The van der Waals surface area contributed by atoms with E-state index in [9.17, 15) is 0 Å². The molecule has 2 rings (SSSR count). The number of amidine groups is 1. The van der Waals surface area contributed by atoms with Crippen molar-refractivity contribution < 1.29 is 5.21 Å². The van der Waals surface area contributed by atoms with Crippen molar-refractivity contribution in [2.24, 2.45) is 28.1 Å². The van der Waals surface area contributed by atoms with Crippen LogP contribution in [0.3, 0.4) is 0 Å². The van der Waals surface area contributed by atoms with Crippen LogP contribution in [0.25, 0.3) is 0 Å². The molecular weight excluding hydrogens is 178 g/mol. The van der Waals surface area contributed by atoms with Gasteiger partial charge in [-0.25, -0.2) is 0 Å². The number of likely N-dealkylation sites (tertiary alicyclic amines) is 1. The van der Waals surface area contributed by atoms with E-state index in [-0.39, 0.29) is 0 Å². The molecule has 0 amide bonds. The fourth-order valence-corrected chi connectivity index (χ4v) is 2.72. The minimum atomic E-state index is 0.338. The van der Waals surface area contributed by atoms with Crippen molar-refractivity contribution in [3.8, 4) is 0 Å². The second-order valence-electron chi connectivity index (χ2n) is 5.14. The Hall–Kier alpha value is -0.770. The van der Waals surface area contributed by atoms with Crippen molar-refractivity contribution in [1.29, 1.82) is 0 Å². The number of nitrogens with zero attached hydrogens (tertiary/aromatic N) is 2. The van der Waals surface area contributed by atoms with Crippen LogP contribution in [0.4, 0.5) is 0 Å². The largest absolute Gasteiger partial charge is 0.409 e. The molecule has 0 aromatic rings. The molecular formula is C10H19N3O. The molecule has 2 aliphatic rings. The number of piperidine rings is 1. The molecule has 4 heteroatoms. The fraction of sp³-hybridized carbons (Fsp3) is 0.900. The molecule has 2 unspecified atom stereocenters. The van der Waals surface area contributed by atoms with Crippen molar-refractivity contribution in [1.82, 2.24) is 4.90 Å². The first-order valence-electron chi connectivity index (χ1n) is 5.24. The number of rotatable bonds is 3. The van der Waals surface area contributed by atoms with Crippen LogP contribution >= 0.6 is 0 Å². The summed E-state index contributed by atoms with van der Waals surface area (Å²) in [6.45, 7) is 8.01. The van der Waals surface area contributed by atoms with Crippen LogP contribution in [-0.4, -0.2) is 35.6 Å². The second kappa shape index (κ2) is 3.12. The number of hydrogen-bond acceptors (Lipinski definition) is 3. The summed E-state index contributed by atoms with van der Waals surface area (Å²) in [6, 6.07) is 0. The van der Waals surface area contributed by atoms with Crippen LogP contribution < -0.4 is 5.73 Å². The van der Waals surface area contributed by atoms with E-state index in [0.29, 0.717) is 17.7 Å². The van der Waals surface area contributed by atoms with Gasteiger partial charge in [0, 0.05) is 26.1 Å². The summed E-state index contributed by atoms with van der Waals surface area (Å²) in [5.74, 6) is 2.11. The lowest BCUT2D eigenvalue weighted by molar-refractivity contribution is 0.262. The number of fused-ring (bicyclic) bond motifs is 1. The SMILES string of the molecule is CC1(C)C2CN(CC/C(N)=N/O)CC21. The van der Waals surface area contributed by atoms with Crippen LogP contribution in [0.15, 0.2) is 5.16 Å². The number of oxime groups is 1. The topological polar surface area (TPSA) is 61.8 Å². The molecule has 0 aromatic heterocycles. The third kappa shape index (κ3) is 1.47. The van der Waals surface area contributed by atoms with Gasteiger partial charge >= 0.3 is 0 Å². The van der Waals surface area contributed by atoms with Crippen LogP contribution in [0.1, 0.15) is 20.3 Å². The molecule has 1 aliphatic carbocycles. The molecule has 2 fully saturated rings. The predicted octanol–water partition coefficient (Wildman–Crippen LogP) is 0.711. The zero-order valence-electron chi connectivity index (χ0n) is 8.90. The summed E-state index contributed by atoms with van der Waals surface area (Å²) in [7, 11) is 0. The van der Waals surface area contributed by atoms with Crippen molar-refractivity contribution in [2.45, 2.75) is 20.3 Å². The van der Waals surface area contributed by atoms with Gasteiger partial charge in [-0.1, -0.05) is 19.0 Å².